The molecule has 9 heteroatoms. The third kappa shape index (κ3) is 7.90. The Morgan fingerprint density at radius 2 is 1.87 bits per heavy atom. The van der Waals surface area contributed by atoms with Crippen molar-refractivity contribution in [1.29, 1.82) is 0 Å². The number of anilines is 1. The molecule has 1 aliphatic rings. The molecule has 0 aliphatic carbocycles. The first kappa shape index (κ1) is 23.7. The maximum Gasteiger partial charge on any atom is 0.277 e. The fourth-order valence-electron chi connectivity index (χ4n) is 3.23. The number of aliphatic hydroxyl groups excluding tert-OH is 1. The molecular formula is C22H31ClN4O4. The quantitative estimate of drug-likeness (QED) is 0.638. The third-order valence-corrected chi connectivity index (χ3v) is 5.14. The van der Waals surface area contributed by atoms with Crippen molar-refractivity contribution in [1.82, 2.24) is 14.8 Å². The summed E-state index contributed by atoms with van der Waals surface area (Å²) >= 11 is 5.86. The van der Waals surface area contributed by atoms with E-state index in [2.05, 4.69) is 20.1 Å². The number of oxazole rings is 1. The van der Waals surface area contributed by atoms with Crippen molar-refractivity contribution in [2.24, 2.45) is 0 Å². The maximum absolute atomic E-state index is 12.3. The third-order valence-electron chi connectivity index (χ3n) is 4.89. The van der Waals surface area contributed by atoms with Gasteiger partial charge in [0.1, 0.15) is 6.26 Å². The van der Waals surface area contributed by atoms with Crippen molar-refractivity contribution in [3.8, 4) is 0 Å². The van der Waals surface area contributed by atoms with Crippen LogP contribution in [-0.4, -0.2) is 76.8 Å². The summed E-state index contributed by atoms with van der Waals surface area (Å²) in [4.78, 5) is 21.1. The molecule has 1 atom stereocenters. The van der Waals surface area contributed by atoms with Gasteiger partial charge in [-0.2, -0.15) is 0 Å². The Hall–Kier alpha value is -1.97. The van der Waals surface area contributed by atoms with Crippen molar-refractivity contribution in [2.75, 3.05) is 44.6 Å². The van der Waals surface area contributed by atoms with Crippen LogP contribution in [0.3, 0.4) is 0 Å². The lowest BCUT2D eigenvalue weighted by Gasteiger charge is -2.35. The van der Waals surface area contributed by atoms with Gasteiger partial charge < -0.3 is 19.6 Å². The molecule has 0 bridgehead atoms. The molecule has 1 amide bonds. The topological polar surface area (TPSA) is 91.1 Å². The average molecular weight is 451 g/mol. The molecule has 0 radical (unpaired) electrons. The fraction of sp³-hybridized carbons (Fsp3) is 0.545. The first-order valence-electron chi connectivity index (χ1n) is 10.5. The van der Waals surface area contributed by atoms with Crippen molar-refractivity contribution in [3.63, 3.8) is 0 Å². The highest BCUT2D eigenvalue weighted by Gasteiger charge is 2.22. The van der Waals surface area contributed by atoms with E-state index in [1.165, 1.54) is 6.26 Å². The molecule has 2 N–H and O–H groups in total. The molecule has 1 saturated heterocycles. The predicted molar refractivity (Wildman–Crippen MR) is 119 cm³/mol. The molecule has 0 saturated carbocycles. The van der Waals surface area contributed by atoms with E-state index in [9.17, 15) is 9.90 Å². The summed E-state index contributed by atoms with van der Waals surface area (Å²) in [6.07, 6.45) is 0.877. The van der Waals surface area contributed by atoms with Gasteiger partial charge in [0, 0.05) is 43.4 Å². The normalized spacial score (nSPS) is 16.9. The SMILES string of the molecule is CC(C)(C)OC[C@@H](O)CN1CCN(Cc2nc(C(=O)Nc3ccc(Cl)cc3)co2)CC1. The van der Waals surface area contributed by atoms with Crippen LogP contribution in [0.4, 0.5) is 5.69 Å². The van der Waals surface area contributed by atoms with Crippen LogP contribution in [0.1, 0.15) is 37.2 Å². The standard InChI is InChI=1S/C22H31ClN4O4/c1-22(2,3)31-14-18(28)12-26-8-10-27(11-9-26)13-20-25-19(15-30-20)21(29)24-17-6-4-16(23)5-7-17/h4-7,15,18,28H,8-14H2,1-3H3,(H,24,29)/t18-/m0/s1. The molecule has 1 aromatic carbocycles. The van der Waals surface area contributed by atoms with Crippen molar-refractivity contribution in [3.05, 3.63) is 47.1 Å². The zero-order valence-corrected chi connectivity index (χ0v) is 19.1. The molecule has 170 valence electrons. The largest absolute Gasteiger partial charge is 0.447 e. The number of aliphatic hydroxyl groups is 1. The Morgan fingerprint density at radius 3 is 2.52 bits per heavy atom. The van der Waals surface area contributed by atoms with Gasteiger partial charge >= 0.3 is 0 Å². The number of nitrogens with zero attached hydrogens (tertiary/aromatic N) is 3. The van der Waals surface area contributed by atoms with Gasteiger partial charge in [-0.3, -0.25) is 14.6 Å². The highest BCUT2D eigenvalue weighted by Crippen LogP contribution is 2.15. The molecule has 1 aromatic heterocycles. The van der Waals surface area contributed by atoms with Crippen molar-refractivity contribution >= 4 is 23.2 Å². The molecule has 3 rings (SSSR count). The van der Waals surface area contributed by atoms with Crippen LogP contribution in [-0.2, 0) is 11.3 Å². The summed E-state index contributed by atoms with van der Waals surface area (Å²) in [5.41, 5.74) is 0.635. The molecule has 2 heterocycles. The number of carbonyl (C=O) groups excluding carboxylic acids is 1. The monoisotopic (exact) mass is 450 g/mol. The van der Waals surface area contributed by atoms with Gasteiger partial charge in [-0.25, -0.2) is 4.98 Å². The van der Waals surface area contributed by atoms with Crippen LogP contribution < -0.4 is 5.32 Å². The summed E-state index contributed by atoms with van der Waals surface area (Å²) in [6, 6.07) is 6.88. The number of aromatic nitrogens is 1. The number of nitrogens with one attached hydrogen (secondary N) is 1. The summed E-state index contributed by atoms with van der Waals surface area (Å²) in [7, 11) is 0. The number of hydrogen-bond acceptors (Lipinski definition) is 7. The van der Waals surface area contributed by atoms with Gasteiger partial charge in [0.2, 0.25) is 5.89 Å². The molecular weight excluding hydrogens is 420 g/mol. The van der Waals surface area contributed by atoms with Crippen LogP contribution in [0.2, 0.25) is 5.02 Å². The maximum atomic E-state index is 12.3. The number of hydrogen-bond donors (Lipinski definition) is 2. The van der Waals surface area contributed by atoms with Gasteiger partial charge in [0.25, 0.3) is 5.91 Å². The number of halogens is 1. The lowest BCUT2D eigenvalue weighted by Crippen LogP contribution is -2.49. The Balaban J connectivity index is 1.41. The predicted octanol–water partition coefficient (Wildman–Crippen LogP) is 2.87. The van der Waals surface area contributed by atoms with Crippen molar-refractivity contribution in [2.45, 2.75) is 39.0 Å². The average Bonchev–Trinajstić information content (AvgIpc) is 3.18. The molecule has 8 nitrogen and oxygen atoms in total. The fourth-order valence-corrected chi connectivity index (χ4v) is 3.36. The molecule has 0 unspecified atom stereocenters. The van der Waals surface area contributed by atoms with Gasteiger partial charge in [-0.1, -0.05) is 11.6 Å². The molecule has 31 heavy (non-hydrogen) atoms. The van der Waals surface area contributed by atoms with Gasteiger partial charge in [-0.05, 0) is 45.0 Å². The summed E-state index contributed by atoms with van der Waals surface area (Å²) in [5.74, 6) is 0.182. The van der Waals surface area contributed by atoms with Crippen LogP contribution >= 0.6 is 11.6 Å². The second kappa shape index (κ2) is 10.6. The van der Waals surface area contributed by atoms with E-state index in [-0.39, 0.29) is 17.2 Å². The van der Waals surface area contributed by atoms with E-state index in [1.807, 2.05) is 20.8 Å². The summed E-state index contributed by atoms with van der Waals surface area (Å²) < 4.78 is 11.1. The molecule has 1 fully saturated rings. The minimum absolute atomic E-state index is 0.241. The first-order chi connectivity index (χ1) is 14.7. The Labute approximate surface area is 188 Å². The first-order valence-corrected chi connectivity index (χ1v) is 10.8. The zero-order chi connectivity index (χ0) is 22.4. The lowest BCUT2D eigenvalue weighted by atomic mass is 10.2. The lowest BCUT2D eigenvalue weighted by molar-refractivity contribution is -0.0588. The van der Waals surface area contributed by atoms with Crippen LogP contribution in [0.25, 0.3) is 0 Å². The highest BCUT2D eigenvalue weighted by molar-refractivity contribution is 6.30. The molecule has 1 aliphatic heterocycles. The number of β-amino-alcohol motifs (C(OH)–C–C–N with tert-alkyl or cyclic N) is 1. The number of amides is 1. The smallest absolute Gasteiger partial charge is 0.277 e. The van der Waals surface area contributed by atoms with Gasteiger partial charge in [-0.15, -0.1) is 0 Å². The second-order valence-corrected chi connectivity index (χ2v) is 9.18. The van der Waals surface area contributed by atoms with Crippen LogP contribution in [0.15, 0.2) is 34.9 Å². The Bertz CT molecular complexity index is 842. The van der Waals surface area contributed by atoms with Crippen molar-refractivity contribution < 1.29 is 19.1 Å². The minimum atomic E-state index is -0.501. The highest BCUT2D eigenvalue weighted by atomic mass is 35.5. The van der Waals surface area contributed by atoms with E-state index in [1.54, 1.807) is 24.3 Å². The van der Waals surface area contributed by atoms with Crippen LogP contribution in [0.5, 0.6) is 0 Å². The van der Waals surface area contributed by atoms with Crippen LogP contribution in [0, 0.1) is 0 Å². The molecule has 0 spiro atoms. The van der Waals surface area contributed by atoms with Gasteiger partial charge in [0.05, 0.1) is 24.9 Å². The zero-order valence-electron chi connectivity index (χ0n) is 18.3. The minimum Gasteiger partial charge on any atom is -0.447 e. The van der Waals surface area contributed by atoms with E-state index in [4.69, 9.17) is 20.8 Å². The molecule has 2 aromatic rings. The van der Waals surface area contributed by atoms with E-state index >= 15 is 0 Å². The summed E-state index contributed by atoms with van der Waals surface area (Å²) in [6.45, 7) is 10.8. The van der Waals surface area contributed by atoms with E-state index in [0.29, 0.717) is 36.3 Å². The summed E-state index contributed by atoms with van der Waals surface area (Å²) in [5, 5.41) is 13.6. The van der Waals surface area contributed by atoms with E-state index in [0.717, 1.165) is 26.2 Å². The number of benzene rings is 1. The van der Waals surface area contributed by atoms with Gasteiger partial charge in [0.15, 0.2) is 5.69 Å². The Morgan fingerprint density at radius 1 is 1.23 bits per heavy atom. The number of carbonyl (C=O) groups is 1. The van der Waals surface area contributed by atoms with E-state index < -0.39 is 6.10 Å². The Kier molecular flexibility index (Phi) is 8.07. The number of rotatable bonds is 8. The second-order valence-electron chi connectivity index (χ2n) is 8.74. The number of piperazine rings is 1. The number of ether oxygens (including phenoxy) is 1.